The molecule has 4 rings (SSSR count). The van der Waals surface area contributed by atoms with Crippen LogP contribution in [0.5, 0.6) is 17.5 Å². The Kier molecular flexibility index (Phi) is 5.23. The molecule has 1 saturated heterocycles. The molecular formula is C21H21N3O4. The number of likely N-dealkylation sites (tertiary alicyclic amines) is 1. The fraction of sp³-hybridized carbons (Fsp3) is 0.286. The molecule has 1 aliphatic rings. The molecule has 3 aromatic rings. The van der Waals surface area contributed by atoms with Crippen molar-refractivity contribution in [2.24, 2.45) is 0 Å². The molecule has 0 unspecified atom stereocenters. The van der Waals surface area contributed by atoms with Crippen LogP contribution >= 0.6 is 0 Å². The number of ether oxygens (including phenoxy) is 2. The maximum Gasteiger partial charge on any atom is 0.359 e. The van der Waals surface area contributed by atoms with Gasteiger partial charge in [0.05, 0.1) is 13.0 Å². The number of nitrogens with zero attached hydrogens (tertiary/aromatic N) is 3. The Morgan fingerprint density at radius 1 is 1.11 bits per heavy atom. The number of rotatable bonds is 5. The lowest BCUT2D eigenvalue weighted by molar-refractivity contribution is 0.0695. The maximum absolute atomic E-state index is 12.8. The third-order valence-corrected chi connectivity index (χ3v) is 4.77. The molecule has 1 atom stereocenters. The highest BCUT2D eigenvalue weighted by Crippen LogP contribution is 2.29. The normalized spacial score (nSPS) is 16.6. The van der Waals surface area contributed by atoms with Gasteiger partial charge in [0.25, 0.3) is 5.91 Å². The van der Waals surface area contributed by atoms with Crippen molar-refractivity contribution in [3.8, 4) is 17.5 Å². The third-order valence-electron chi connectivity index (χ3n) is 4.77. The summed E-state index contributed by atoms with van der Waals surface area (Å²) in [7, 11) is 1.60. The van der Waals surface area contributed by atoms with E-state index in [2.05, 4.69) is 10.1 Å². The van der Waals surface area contributed by atoms with Gasteiger partial charge in [-0.25, -0.2) is 0 Å². The second-order valence-electron chi connectivity index (χ2n) is 6.65. The highest BCUT2D eigenvalue weighted by molar-refractivity contribution is 5.94. The van der Waals surface area contributed by atoms with Gasteiger partial charge >= 0.3 is 6.01 Å². The lowest BCUT2D eigenvalue weighted by Crippen LogP contribution is -2.39. The standard InChI is InChI=1S/C21H21N3O4/c1-26-17-11-9-15(10-12-17)20(25)24-13-5-6-16(14-24)19-22-21(23-28-19)27-18-7-3-2-4-8-18/h2-4,7-12,16H,5-6,13-14H2,1H3/t16-/m0/s1. The third kappa shape index (κ3) is 3.98. The van der Waals surface area contributed by atoms with Crippen molar-refractivity contribution < 1.29 is 18.8 Å². The zero-order valence-electron chi connectivity index (χ0n) is 15.6. The van der Waals surface area contributed by atoms with E-state index in [-0.39, 0.29) is 17.8 Å². The Balaban J connectivity index is 1.42. The minimum absolute atomic E-state index is 0.00317. The van der Waals surface area contributed by atoms with Crippen molar-refractivity contribution >= 4 is 5.91 Å². The van der Waals surface area contributed by atoms with Crippen LogP contribution in [-0.4, -0.2) is 41.1 Å². The maximum atomic E-state index is 12.8. The highest BCUT2D eigenvalue weighted by Gasteiger charge is 2.29. The Bertz CT molecular complexity index is 924. The number of methoxy groups -OCH3 is 1. The van der Waals surface area contributed by atoms with Crippen LogP contribution < -0.4 is 9.47 Å². The average Bonchev–Trinajstić information content (AvgIpc) is 3.22. The molecule has 0 spiro atoms. The Labute approximate surface area is 162 Å². The average molecular weight is 379 g/mol. The molecule has 144 valence electrons. The summed E-state index contributed by atoms with van der Waals surface area (Å²) in [5.41, 5.74) is 0.639. The van der Waals surface area contributed by atoms with Crippen LogP contribution in [0, 0.1) is 0 Å². The lowest BCUT2D eigenvalue weighted by Gasteiger charge is -2.31. The van der Waals surface area contributed by atoms with E-state index >= 15 is 0 Å². The predicted octanol–water partition coefficient (Wildman–Crippen LogP) is 3.89. The number of carbonyl (C=O) groups excluding carboxylic acids is 1. The summed E-state index contributed by atoms with van der Waals surface area (Å²) in [4.78, 5) is 19.0. The number of piperidine rings is 1. The van der Waals surface area contributed by atoms with E-state index < -0.39 is 0 Å². The molecule has 0 aliphatic carbocycles. The van der Waals surface area contributed by atoms with E-state index in [1.165, 1.54) is 0 Å². The van der Waals surface area contributed by atoms with Crippen LogP contribution in [0.1, 0.15) is 35.0 Å². The number of aromatic nitrogens is 2. The van der Waals surface area contributed by atoms with Crippen LogP contribution in [0.3, 0.4) is 0 Å². The zero-order chi connectivity index (χ0) is 19.3. The van der Waals surface area contributed by atoms with Crippen molar-refractivity contribution in [1.29, 1.82) is 0 Å². The second kappa shape index (κ2) is 8.12. The van der Waals surface area contributed by atoms with E-state index in [1.54, 1.807) is 31.4 Å². The van der Waals surface area contributed by atoms with Crippen molar-refractivity contribution in [2.75, 3.05) is 20.2 Å². The first-order valence-corrected chi connectivity index (χ1v) is 9.23. The van der Waals surface area contributed by atoms with Gasteiger partial charge in [-0.05, 0) is 54.4 Å². The van der Waals surface area contributed by atoms with Crippen LogP contribution in [0.2, 0.25) is 0 Å². The van der Waals surface area contributed by atoms with Crippen LogP contribution in [0.15, 0.2) is 59.1 Å². The first-order chi connectivity index (χ1) is 13.7. The molecule has 0 N–H and O–H groups in total. The van der Waals surface area contributed by atoms with Gasteiger partial charge in [-0.2, -0.15) is 4.98 Å². The lowest BCUT2D eigenvalue weighted by atomic mass is 9.97. The minimum atomic E-state index is -0.00683. The van der Waals surface area contributed by atoms with Gasteiger partial charge < -0.3 is 18.9 Å². The van der Waals surface area contributed by atoms with Crippen LogP contribution in [0.25, 0.3) is 0 Å². The SMILES string of the molecule is COc1ccc(C(=O)N2CCC[C@H](c3nc(Oc4ccccc4)no3)C2)cc1. The molecule has 0 saturated carbocycles. The van der Waals surface area contributed by atoms with E-state index in [4.69, 9.17) is 14.0 Å². The first kappa shape index (κ1) is 18.0. The summed E-state index contributed by atoms with van der Waals surface area (Å²) in [6, 6.07) is 16.6. The van der Waals surface area contributed by atoms with Crippen LogP contribution in [-0.2, 0) is 0 Å². The molecule has 1 aliphatic heterocycles. The largest absolute Gasteiger partial charge is 0.497 e. The molecule has 2 heterocycles. The zero-order valence-corrected chi connectivity index (χ0v) is 15.6. The minimum Gasteiger partial charge on any atom is -0.497 e. The molecule has 2 aromatic carbocycles. The number of para-hydroxylation sites is 1. The molecule has 1 amide bonds. The monoisotopic (exact) mass is 379 g/mol. The fourth-order valence-electron chi connectivity index (χ4n) is 3.30. The van der Waals surface area contributed by atoms with Gasteiger partial charge in [-0.15, -0.1) is 0 Å². The number of benzene rings is 2. The van der Waals surface area contributed by atoms with E-state index in [0.29, 0.717) is 30.3 Å². The fourth-order valence-corrected chi connectivity index (χ4v) is 3.30. The summed E-state index contributed by atoms with van der Waals surface area (Å²) in [5.74, 6) is 1.86. The summed E-state index contributed by atoms with van der Waals surface area (Å²) >= 11 is 0. The number of hydrogen-bond acceptors (Lipinski definition) is 6. The Morgan fingerprint density at radius 3 is 2.64 bits per heavy atom. The molecule has 1 fully saturated rings. The number of carbonyl (C=O) groups is 1. The van der Waals surface area contributed by atoms with Crippen molar-refractivity contribution in [3.63, 3.8) is 0 Å². The number of amides is 1. The van der Waals surface area contributed by atoms with Crippen molar-refractivity contribution in [2.45, 2.75) is 18.8 Å². The molecule has 0 bridgehead atoms. The molecule has 0 radical (unpaired) electrons. The molecule has 1 aromatic heterocycles. The van der Waals surface area contributed by atoms with E-state index in [1.807, 2.05) is 35.2 Å². The topological polar surface area (TPSA) is 77.7 Å². The van der Waals surface area contributed by atoms with Gasteiger partial charge in [-0.3, -0.25) is 4.79 Å². The molecule has 7 heteroatoms. The smallest absolute Gasteiger partial charge is 0.359 e. The van der Waals surface area contributed by atoms with Crippen molar-refractivity contribution in [3.05, 3.63) is 66.1 Å². The highest BCUT2D eigenvalue weighted by atomic mass is 16.6. The molecule has 7 nitrogen and oxygen atoms in total. The summed E-state index contributed by atoms with van der Waals surface area (Å²) in [6.45, 7) is 1.25. The van der Waals surface area contributed by atoms with E-state index in [9.17, 15) is 4.79 Å². The van der Waals surface area contributed by atoms with Crippen molar-refractivity contribution in [1.82, 2.24) is 15.0 Å². The summed E-state index contributed by atoms with van der Waals surface area (Å²) in [6.07, 6.45) is 1.77. The van der Waals surface area contributed by atoms with Gasteiger partial charge in [0.1, 0.15) is 11.5 Å². The first-order valence-electron chi connectivity index (χ1n) is 9.23. The second-order valence-corrected chi connectivity index (χ2v) is 6.65. The van der Waals surface area contributed by atoms with Gasteiger partial charge in [0.2, 0.25) is 5.89 Å². The van der Waals surface area contributed by atoms with Crippen LogP contribution in [0.4, 0.5) is 0 Å². The summed E-state index contributed by atoms with van der Waals surface area (Å²) < 4.78 is 16.2. The Hall–Kier alpha value is -3.35. The Morgan fingerprint density at radius 2 is 1.89 bits per heavy atom. The summed E-state index contributed by atoms with van der Waals surface area (Å²) in [5, 5.41) is 3.91. The predicted molar refractivity (Wildman–Crippen MR) is 102 cm³/mol. The number of hydrogen-bond donors (Lipinski definition) is 0. The van der Waals surface area contributed by atoms with Gasteiger partial charge in [0.15, 0.2) is 0 Å². The quantitative estimate of drug-likeness (QED) is 0.669. The molecular weight excluding hydrogens is 358 g/mol. The van der Waals surface area contributed by atoms with Gasteiger partial charge in [0, 0.05) is 18.7 Å². The van der Waals surface area contributed by atoms with E-state index in [0.717, 1.165) is 18.6 Å². The molecule has 28 heavy (non-hydrogen) atoms. The van der Waals surface area contributed by atoms with Gasteiger partial charge in [-0.1, -0.05) is 18.2 Å².